The highest BCUT2D eigenvalue weighted by Crippen LogP contribution is 2.31. The van der Waals surface area contributed by atoms with Gasteiger partial charge in [-0.15, -0.1) is 0 Å². The molecule has 0 radical (unpaired) electrons. The predicted octanol–water partition coefficient (Wildman–Crippen LogP) is 2.97. The van der Waals surface area contributed by atoms with Crippen molar-refractivity contribution >= 4 is 22.7 Å². The SMILES string of the molecule is COc1ncc(-c2cc(C)c3cccc(N4CCOC4=O)c3n2)cn1. The molecule has 0 spiro atoms. The van der Waals surface area contributed by atoms with Crippen LogP contribution < -0.4 is 9.64 Å². The Morgan fingerprint density at radius 3 is 2.72 bits per heavy atom. The van der Waals surface area contributed by atoms with Crippen molar-refractivity contribution in [1.82, 2.24) is 15.0 Å². The van der Waals surface area contributed by atoms with Crippen LogP contribution in [-0.2, 0) is 4.74 Å². The van der Waals surface area contributed by atoms with Crippen molar-refractivity contribution in [2.75, 3.05) is 25.2 Å². The number of para-hydroxylation sites is 1. The van der Waals surface area contributed by atoms with Gasteiger partial charge in [-0.1, -0.05) is 12.1 Å². The molecule has 3 aromatic rings. The fourth-order valence-electron chi connectivity index (χ4n) is 2.93. The summed E-state index contributed by atoms with van der Waals surface area (Å²) < 4.78 is 10.1. The van der Waals surface area contributed by atoms with Crippen molar-refractivity contribution in [1.29, 1.82) is 0 Å². The number of anilines is 1. The highest BCUT2D eigenvalue weighted by atomic mass is 16.6. The number of cyclic esters (lactones) is 1. The number of pyridine rings is 1. The average Bonchev–Trinajstić information content (AvgIpc) is 3.07. The first kappa shape index (κ1) is 15.3. The molecule has 1 aliphatic rings. The topological polar surface area (TPSA) is 77.4 Å². The first-order valence-corrected chi connectivity index (χ1v) is 7.88. The largest absolute Gasteiger partial charge is 0.467 e. The number of methoxy groups -OCH3 is 1. The molecule has 2 aromatic heterocycles. The van der Waals surface area contributed by atoms with Crippen LogP contribution in [0.1, 0.15) is 5.56 Å². The van der Waals surface area contributed by atoms with E-state index in [1.165, 1.54) is 7.11 Å². The number of aromatic nitrogens is 3. The van der Waals surface area contributed by atoms with Crippen LogP contribution in [0.25, 0.3) is 22.2 Å². The molecular formula is C18H16N4O3. The maximum absolute atomic E-state index is 12.0. The van der Waals surface area contributed by atoms with Crippen molar-refractivity contribution in [3.05, 3.63) is 42.2 Å². The van der Waals surface area contributed by atoms with Gasteiger partial charge in [0.05, 0.1) is 30.6 Å². The highest BCUT2D eigenvalue weighted by molar-refractivity contribution is 6.02. The number of hydrogen-bond donors (Lipinski definition) is 0. The zero-order valence-electron chi connectivity index (χ0n) is 13.9. The normalized spacial score (nSPS) is 14.0. The molecular weight excluding hydrogens is 320 g/mol. The van der Waals surface area contributed by atoms with E-state index < -0.39 is 0 Å². The smallest absolute Gasteiger partial charge is 0.414 e. The summed E-state index contributed by atoms with van der Waals surface area (Å²) in [5.41, 5.74) is 4.09. The second-order valence-corrected chi connectivity index (χ2v) is 5.72. The molecule has 126 valence electrons. The number of carbonyl (C=O) groups excluding carboxylic acids is 1. The quantitative estimate of drug-likeness (QED) is 0.732. The Balaban J connectivity index is 1.88. The molecule has 25 heavy (non-hydrogen) atoms. The number of nitrogens with zero attached hydrogens (tertiary/aromatic N) is 4. The summed E-state index contributed by atoms with van der Waals surface area (Å²) >= 11 is 0. The van der Waals surface area contributed by atoms with Crippen LogP contribution in [0.3, 0.4) is 0 Å². The predicted molar refractivity (Wildman–Crippen MR) is 92.8 cm³/mol. The van der Waals surface area contributed by atoms with Crippen LogP contribution in [0.2, 0.25) is 0 Å². The van der Waals surface area contributed by atoms with Gasteiger partial charge in [0.2, 0.25) is 0 Å². The Labute approximate surface area is 144 Å². The molecule has 3 heterocycles. The molecule has 0 saturated carbocycles. The number of amides is 1. The maximum Gasteiger partial charge on any atom is 0.414 e. The van der Waals surface area contributed by atoms with Crippen LogP contribution in [0, 0.1) is 6.92 Å². The lowest BCUT2D eigenvalue weighted by molar-refractivity contribution is 0.181. The molecule has 0 bridgehead atoms. The maximum atomic E-state index is 12.0. The van der Waals surface area contributed by atoms with E-state index in [1.807, 2.05) is 31.2 Å². The van der Waals surface area contributed by atoms with E-state index in [0.717, 1.165) is 33.4 Å². The molecule has 4 rings (SSSR count). The number of hydrogen-bond acceptors (Lipinski definition) is 6. The Kier molecular flexibility index (Phi) is 3.68. The third kappa shape index (κ3) is 2.63. The van der Waals surface area contributed by atoms with E-state index in [1.54, 1.807) is 17.3 Å². The van der Waals surface area contributed by atoms with Gasteiger partial charge >= 0.3 is 12.1 Å². The van der Waals surface area contributed by atoms with E-state index in [4.69, 9.17) is 14.5 Å². The third-order valence-electron chi connectivity index (χ3n) is 4.18. The summed E-state index contributed by atoms with van der Waals surface area (Å²) in [7, 11) is 1.52. The van der Waals surface area contributed by atoms with E-state index >= 15 is 0 Å². The lowest BCUT2D eigenvalue weighted by Crippen LogP contribution is -2.23. The molecule has 1 amide bonds. The molecule has 7 nitrogen and oxygen atoms in total. The van der Waals surface area contributed by atoms with Crippen molar-refractivity contribution in [3.8, 4) is 17.3 Å². The number of aryl methyl sites for hydroxylation is 1. The number of carbonyl (C=O) groups is 1. The Bertz CT molecular complexity index is 956. The van der Waals surface area contributed by atoms with E-state index in [2.05, 4.69) is 9.97 Å². The van der Waals surface area contributed by atoms with Gasteiger partial charge in [-0.25, -0.2) is 19.7 Å². The third-order valence-corrected chi connectivity index (χ3v) is 4.18. The van der Waals surface area contributed by atoms with Crippen molar-refractivity contribution in [2.24, 2.45) is 0 Å². The van der Waals surface area contributed by atoms with Crippen molar-refractivity contribution in [3.63, 3.8) is 0 Å². The number of fused-ring (bicyclic) bond motifs is 1. The van der Waals surface area contributed by atoms with Gasteiger partial charge in [-0.3, -0.25) is 4.90 Å². The first-order valence-electron chi connectivity index (χ1n) is 7.88. The summed E-state index contributed by atoms with van der Waals surface area (Å²) in [6.07, 6.45) is 3.00. The minimum absolute atomic E-state index is 0.307. The standard InChI is InChI=1S/C18H16N4O3/c1-11-8-14(12-9-19-17(24-2)20-10-12)21-16-13(11)4-3-5-15(16)22-6-7-25-18(22)23/h3-5,8-10H,6-7H2,1-2H3. The van der Waals surface area contributed by atoms with E-state index in [9.17, 15) is 4.79 Å². The lowest BCUT2D eigenvalue weighted by Gasteiger charge is -2.16. The molecule has 0 aliphatic carbocycles. The van der Waals surface area contributed by atoms with Crippen LogP contribution in [0.15, 0.2) is 36.7 Å². The summed E-state index contributed by atoms with van der Waals surface area (Å²) in [5.74, 6) is 0. The van der Waals surface area contributed by atoms with Gasteiger partial charge in [-0.2, -0.15) is 0 Å². The van der Waals surface area contributed by atoms with Crippen molar-refractivity contribution < 1.29 is 14.3 Å². The Hall–Kier alpha value is -3.22. The second-order valence-electron chi connectivity index (χ2n) is 5.72. The van der Waals surface area contributed by atoms with Gasteiger partial charge in [-0.05, 0) is 24.6 Å². The van der Waals surface area contributed by atoms with Gasteiger partial charge < -0.3 is 9.47 Å². The van der Waals surface area contributed by atoms with Gasteiger partial charge in [0, 0.05) is 23.3 Å². The summed E-state index contributed by atoms with van der Waals surface area (Å²) in [6, 6.07) is 8.10. The highest BCUT2D eigenvalue weighted by Gasteiger charge is 2.26. The van der Waals surface area contributed by atoms with E-state index in [0.29, 0.717) is 19.2 Å². The number of ether oxygens (including phenoxy) is 2. The summed E-state index contributed by atoms with van der Waals surface area (Å²) in [6.45, 7) is 2.93. The monoisotopic (exact) mass is 336 g/mol. The van der Waals surface area contributed by atoms with Gasteiger partial charge in [0.1, 0.15) is 6.61 Å². The minimum Gasteiger partial charge on any atom is -0.467 e. The fraction of sp³-hybridized carbons (Fsp3) is 0.222. The zero-order valence-corrected chi connectivity index (χ0v) is 13.9. The van der Waals surface area contributed by atoms with Crippen LogP contribution >= 0.6 is 0 Å². The molecule has 0 unspecified atom stereocenters. The molecule has 7 heteroatoms. The number of benzene rings is 1. The summed E-state index contributed by atoms with van der Waals surface area (Å²) in [5, 5.41) is 0.996. The first-order chi connectivity index (χ1) is 12.2. The number of rotatable bonds is 3. The molecule has 0 atom stereocenters. The minimum atomic E-state index is -0.342. The average molecular weight is 336 g/mol. The van der Waals surface area contributed by atoms with Crippen molar-refractivity contribution in [2.45, 2.75) is 6.92 Å². The zero-order chi connectivity index (χ0) is 17.4. The lowest BCUT2D eigenvalue weighted by atomic mass is 10.1. The van der Waals surface area contributed by atoms with E-state index in [-0.39, 0.29) is 6.09 Å². The Morgan fingerprint density at radius 2 is 2.04 bits per heavy atom. The molecule has 0 N–H and O–H groups in total. The molecule has 1 aliphatic heterocycles. The fourth-order valence-corrected chi connectivity index (χ4v) is 2.93. The van der Waals surface area contributed by atoms with Crippen LogP contribution in [0.4, 0.5) is 10.5 Å². The van der Waals surface area contributed by atoms with Gasteiger partial charge in [0.25, 0.3) is 0 Å². The molecule has 1 saturated heterocycles. The molecule has 1 fully saturated rings. The van der Waals surface area contributed by atoms with Crippen LogP contribution in [-0.4, -0.2) is 41.3 Å². The summed E-state index contributed by atoms with van der Waals surface area (Å²) in [4.78, 5) is 26.6. The molecule has 1 aromatic carbocycles. The van der Waals surface area contributed by atoms with Crippen LogP contribution in [0.5, 0.6) is 6.01 Å². The second kappa shape index (κ2) is 6.01. The van der Waals surface area contributed by atoms with Gasteiger partial charge in [0.15, 0.2) is 0 Å². The Morgan fingerprint density at radius 1 is 1.24 bits per heavy atom.